The molecule has 1 amide bonds. The molecule has 1 aromatic rings. The Bertz CT molecular complexity index is 435. The van der Waals surface area contributed by atoms with Gasteiger partial charge in [-0.1, -0.05) is 13.8 Å². The van der Waals surface area contributed by atoms with Crippen molar-refractivity contribution in [2.24, 2.45) is 5.41 Å². The van der Waals surface area contributed by atoms with Crippen molar-refractivity contribution < 1.29 is 9.90 Å². The van der Waals surface area contributed by atoms with Crippen molar-refractivity contribution in [3.63, 3.8) is 0 Å². The monoisotopic (exact) mass is 281 g/mol. The van der Waals surface area contributed by atoms with Crippen LogP contribution < -0.4 is 5.32 Å². The third-order valence-corrected chi connectivity index (χ3v) is 3.88. The summed E-state index contributed by atoms with van der Waals surface area (Å²) in [5.74, 6) is -0.0665. The molecule has 1 aromatic heterocycles. The van der Waals surface area contributed by atoms with Crippen LogP contribution in [0.2, 0.25) is 0 Å². The highest BCUT2D eigenvalue weighted by atomic mass is 32.1. The van der Waals surface area contributed by atoms with Crippen molar-refractivity contribution in [3.05, 3.63) is 28.0 Å². The quantitative estimate of drug-likeness (QED) is 0.755. The second kappa shape index (κ2) is 7.46. The molecule has 0 saturated heterocycles. The van der Waals surface area contributed by atoms with Gasteiger partial charge in [-0.2, -0.15) is 0 Å². The second-order valence-corrected chi connectivity index (χ2v) is 6.81. The van der Waals surface area contributed by atoms with Gasteiger partial charge in [-0.25, -0.2) is 0 Å². The summed E-state index contributed by atoms with van der Waals surface area (Å²) in [6, 6.07) is 4.05. The van der Waals surface area contributed by atoms with E-state index in [0.717, 1.165) is 17.7 Å². The SMILES string of the molecule is Cc1ccc(/C=C/C(=O)NCC(C)(C)CCCO)s1. The van der Waals surface area contributed by atoms with Crippen LogP contribution in [0.15, 0.2) is 18.2 Å². The lowest BCUT2D eigenvalue weighted by Crippen LogP contribution is -2.33. The lowest BCUT2D eigenvalue weighted by Gasteiger charge is -2.24. The van der Waals surface area contributed by atoms with Gasteiger partial charge in [0.1, 0.15) is 0 Å². The van der Waals surface area contributed by atoms with Crippen molar-refractivity contribution in [1.82, 2.24) is 5.32 Å². The number of hydrogen-bond acceptors (Lipinski definition) is 3. The molecule has 0 spiro atoms. The van der Waals surface area contributed by atoms with Gasteiger partial charge in [-0.15, -0.1) is 11.3 Å². The first-order valence-electron chi connectivity index (χ1n) is 6.56. The molecule has 0 aliphatic rings. The largest absolute Gasteiger partial charge is 0.396 e. The minimum atomic E-state index is -0.0665. The number of carbonyl (C=O) groups is 1. The normalized spacial score (nSPS) is 12.0. The molecule has 0 atom stereocenters. The molecule has 19 heavy (non-hydrogen) atoms. The fraction of sp³-hybridized carbons (Fsp3) is 0.533. The topological polar surface area (TPSA) is 49.3 Å². The summed E-state index contributed by atoms with van der Waals surface area (Å²) >= 11 is 1.67. The molecule has 3 nitrogen and oxygen atoms in total. The molecule has 0 radical (unpaired) electrons. The van der Waals surface area contributed by atoms with E-state index < -0.39 is 0 Å². The first-order chi connectivity index (χ1) is 8.93. The van der Waals surface area contributed by atoms with E-state index >= 15 is 0 Å². The summed E-state index contributed by atoms with van der Waals surface area (Å²) in [5, 5.41) is 11.7. The number of amides is 1. The highest BCUT2D eigenvalue weighted by Gasteiger charge is 2.17. The number of aliphatic hydroxyl groups excluding tert-OH is 1. The smallest absolute Gasteiger partial charge is 0.244 e. The molecule has 0 aliphatic heterocycles. The van der Waals surface area contributed by atoms with E-state index in [1.165, 1.54) is 4.88 Å². The summed E-state index contributed by atoms with van der Waals surface area (Å²) in [6.07, 6.45) is 5.09. The number of aryl methyl sites for hydroxylation is 1. The molecule has 0 bridgehead atoms. The molecule has 106 valence electrons. The van der Waals surface area contributed by atoms with Crippen molar-refractivity contribution in [3.8, 4) is 0 Å². The first kappa shape index (κ1) is 15.9. The zero-order chi connectivity index (χ0) is 14.3. The Morgan fingerprint density at radius 2 is 2.21 bits per heavy atom. The van der Waals surface area contributed by atoms with Gasteiger partial charge in [-0.05, 0) is 43.4 Å². The van der Waals surface area contributed by atoms with E-state index in [9.17, 15) is 4.79 Å². The van der Waals surface area contributed by atoms with Gasteiger partial charge in [0, 0.05) is 29.0 Å². The minimum absolute atomic E-state index is 0.0196. The second-order valence-electron chi connectivity index (χ2n) is 5.49. The summed E-state index contributed by atoms with van der Waals surface area (Å²) < 4.78 is 0. The predicted molar refractivity (Wildman–Crippen MR) is 81.2 cm³/mol. The number of aliphatic hydroxyl groups is 1. The number of nitrogens with one attached hydrogen (secondary N) is 1. The standard InChI is InChI=1S/C15H23NO2S/c1-12-5-6-13(19-12)7-8-14(18)16-11-15(2,3)9-4-10-17/h5-8,17H,4,9-11H2,1-3H3,(H,16,18)/b8-7+. The maximum absolute atomic E-state index is 11.7. The molecule has 0 aromatic carbocycles. The maximum atomic E-state index is 11.7. The Balaban J connectivity index is 2.37. The van der Waals surface area contributed by atoms with Crippen molar-refractivity contribution in [1.29, 1.82) is 0 Å². The number of rotatable bonds is 7. The molecule has 4 heteroatoms. The van der Waals surface area contributed by atoms with Crippen LogP contribution in [0.5, 0.6) is 0 Å². The molecule has 0 fully saturated rings. The average molecular weight is 281 g/mol. The Labute approximate surface area is 119 Å². The molecular formula is C15H23NO2S. The molecule has 0 aliphatic carbocycles. The van der Waals surface area contributed by atoms with Gasteiger partial charge in [0.2, 0.25) is 5.91 Å². The minimum Gasteiger partial charge on any atom is -0.396 e. The zero-order valence-electron chi connectivity index (χ0n) is 11.9. The van der Waals surface area contributed by atoms with Crippen LogP contribution >= 0.6 is 11.3 Å². The fourth-order valence-electron chi connectivity index (χ4n) is 1.73. The van der Waals surface area contributed by atoms with Crippen LogP contribution in [-0.2, 0) is 4.79 Å². The van der Waals surface area contributed by atoms with Crippen LogP contribution in [0.4, 0.5) is 0 Å². The highest BCUT2D eigenvalue weighted by molar-refractivity contribution is 7.12. The van der Waals surface area contributed by atoms with Gasteiger partial charge < -0.3 is 10.4 Å². The van der Waals surface area contributed by atoms with Gasteiger partial charge in [0.05, 0.1) is 0 Å². The van der Waals surface area contributed by atoms with E-state index in [1.54, 1.807) is 17.4 Å². The third-order valence-electron chi connectivity index (χ3n) is 2.91. The van der Waals surface area contributed by atoms with Crippen LogP contribution in [-0.4, -0.2) is 24.2 Å². The van der Waals surface area contributed by atoms with Gasteiger partial charge in [0.15, 0.2) is 0 Å². The first-order valence-corrected chi connectivity index (χ1v) is 7.38. The molecular weight excluding hydrogens is 258 g/mol. The average Bonchev–Trinajstić information content (AvgIpc) is 2.77. The van der Waals surface area contributed by atoms with E-state index in [0.29, 0.717) is 6.54 Å². The van der Waals surface area contributed by atoms with Crippen molar-refractivity contribution in [2.45, 2.75) is 33.6 Å². The Kier molecular flexibility index (Phi) is 6.25. The van der Waals surface area contributed by atoms with E-state index in [-0.39, 0.29) is 17.9 Å². The Hall–Kier alpha value is -1.13. The number of thiophene rings is 1. The fourth-order valence-corrected chi connectivity index (χ4v) is 2.51. The van der Waals surface area contributed by atoms with Gasteiger partial charge in [0.25, 0.3) is 0 Å². The third kappa shape index (κ3) is 6.55. The summed E-state index contributed by atoms with van der Waals surface area (Å²) in [5.41, 5.74) is 0.0196. The maximum Gasteiger partial charge on any atom is 0.244 e. The summed E-state index contributed by atoms with van der Waals surface area (Å²) in [7, 11) is 0. The molecule has 0 unspecified atom stereocenters. The van der Waals surface area contributed by atoms with Crippen molar-refractivity contribution >= 4 is 23.3 Å². The number of carbonyl (C=O) groups excluding carboxylic acids is 1. The predicted octanol–water partition coefficient (Wildman–Crippen LogP) is 2.98. The Morgan fingerprint density at radius 3 is 2.79 bits per heavy atom. The number of hydrogen-bond donors (Lipinski definition) is 2. The van der Waals surface area contributed by atoms with Gasteiger partial charge >= 0.3 is 0 Å². The highest BCUT2D eigenvalue weighted by Crippen LogP contribution is 2.20. The van der Waals surface area contributed by atoms with Crippen LogP contribution in [0.1, 0.15) is 36.4 Å². The summed E-state index contributed by atoms with van der Waals surface area (Å²) in [6.45, 7) is 7.06. The van der Waals surface area contributed by atoms with Crippen LogP contribution in [0.3, 0.4) is 0 Å². The van der Waals surface area contributed by atoms with Crippen LogP contribution in [0.25, 0.3) is 6.08 Å². The lowest BCUT2D eigenvalue weighted by molar-refractivity contribution is -0.116. The zero-order valence-corrected chi connectivity index (χ0v) is 12.7. The lowest BCUT2D eigenvalue weighted by atomic mass is 9.88. The molecule has 1 heterocycles. The van der Waals surface area contributed by atoms with Crippen LogP contribution in [0, 0.1) is 12.3 Å². The van der Waals surface area contributed by atoms with E-state index in [4.69, 9.17) is 5.11 Å². The van der Waals surface area contributed by atoms with Crippen molar-refractivity contribution in [2.75, 3.05) is 13.2 Å². The van der Waals surface area contributed by atoms with Gasteiger partial charge in [-0.3, -0.25) is 4.79 Å². The molecule has 1 rings (SSSR count). The molecule has 2 N–H and O–H groups in total. The summed E-state index contributed by atoms with van der Waals surface area (Å²) in [4.78, 5) is 14.0. The van der Waals surface area contributed by atoms with E-state index in [2.05, 4.69) is 19.2 Å². The molecule has 0 saturated carbocycles. The van der Waals surface area contributed by atoms with E-state index in [1.807, 2.05) is 25.1 Å². The Morgan fingerprint density at radius 1 is 1.47 bits per heavy atom.